The number of benzene rings is 1. The molecule has 4 saturated carbocycles. The fourth-order valence-electron chi connectivity index (χ4n) is 8.81. The van der Waals surface area contributed by atoms with Gasteiger partial charge in [-0.05, 0) is 105 Å². The summed E-state index contributed by atoms with van der Waals surface area (Å²) in [6.07, 6.45) is 10.8. The Bertz CT molecular complexity index is 796. The molecule has 4 heteroatoms. The second-order valence-corrected chi connectivity index (χ2v) is 11.9. The highest BCUT2D eigenvalue weighted by Crippen LogP contribution is 2.70. The Morgan fingerprint density at radius 3 is 2.45 bits per heavy atom. The number of halogens is 1. The van der Waals surface area contributed by atoms with Crippen LogP contribution in [0, 0.1) is 34.5 Å². The summed E-state index contributed by atoms with van der Waals surface area (Å²) in [6.45, 7) is 5.55. The molecule has 0 aromatic heterocycles. The molecule has 0 saturated heterocycles. The van der Waals surface area contributed by atoms with Crippen LogP contribution in [0.3, 0.4) is 0 Å². The third-order valence-corrected chi connectivity index (χ3v) is 10.8. The van der Waals surface area contributed by atoms with Crippen LogP contribution in [0.25, 0.3) is 0 Å². The molecule has 0 unspecified atom stereocenters. The van der Waals surface area contributed by atoms with E-state index >= 15 is 0 Å². The highest BCUT2D eigenvalue weighted by Gasteiger charge is 2.65. The standard InChI is InChI=1S/C27H39ClO3/c1-25-12-9-21(31-16-15-29)17-19(25)5-8-22-23(25)10-13-26(2)24(22)11-14-27(26,30)18-3-6-20(28)7-4-18/h3-4,6-7,19,21-24,29-30H,5,8-17H2,1-2H3/t19-,21+,22-,23+,24+,25+,26+,27-/m1/s1. The summed E-state index contributed by atoms with van der Waals surface area (Å²) in [6, 6.07) is 7.96. The van der Waals surface area contributed by atoms with Crippen LogP contribution in [0.5, 0.6) is 0 Å². The third-order valence-electron chi connectivity index (χ3n) is 10.5. The first-order valence-electron chi connectivity index (χ1n) is 12.5. The van der Waals surface area contributed by atoms with Crippen molar-refractivity contribution in [3.8, 4) is 0 Å². The van der Waals surface area contributed by atoms with E-state index in [-0.39, 0.29) is 12.0 Å². The minimum atomic E-state index is -0.735. The molecule has 0 spiro atoms. The van der Waals surface area contributed by atoms with Gasteiger partial charge in [-0.2, -0.15) is 0 Å². The predicted molar refractivity (Wildman–Crippen MR) is 124 cm³/mol. The normalized spacial score (nSPS) is 46.8. The van der Waals surface area contributed by atoms with Gasteiger partial charge in [0.1, 0.15) is 0 Å². The molecule has 0 bridgehead atoms. The molecule has 0 aliphatic heterocycles. The molecule has 1 aromatic rings. The zero-order valence-corrected chi connectivity index (χ0v) is 19.9. The second-order valence-electron chi connectivity index (χ2n) is 11.5. The number of hydrogen-bond donors (Lipinski definition) is 2. The molecule has 0 heterocycles. The van der Waals surface area contributed by atoms with Crippen molar-refractivity contribution in [2.45, 2.75) is 83.3 Å². The van der Waals surface area contributed by atoms with E-state index in [1.54, 1.807) is 0 Å². The van der Waals surface area contributed by atoms with E-state index in [0.717, 1.165) is 60.4 Å². The van der Waals surface area contributed by atoms with Crippen molar-refractivity contribution in [2.24, 2.45) is 34.5 Å². The van der Waals surface area contributed by atoms with Crippen LogP contribution in [0.1, 0.15) is 77.2 Å². The van der Waals surface area contributed by atoms with Gasteiger partial charge in [0.15, 0.2) is 0 Å². The molecular weight excluding hydrogens is 408 g/mol. The topological polar surface area (TPSA) is 49.7 Å². The SMILES string of the molecule is C[C@]12CC[C@H](OCCO)C[C@H]1CC[C@@H]1[C@@H]2CC[C@@]2(C)[C@H]1CC[C@@]2(O)c1ccc(Cl)cc1. The van der Waals surface area contributed by atoms with Crippen molar-refractivity contribution >= 4 is 11.6 Å². The summed E-state index contributed by atoms with van der Waals surface area (Å²) < 4.78 is 5.94. The fraction of sp³-hybridized carbons (Fsp3) is 0.778. The summed E-state index contributed by atoms with van der Waals surface area (Å²) in [5.74, 6) is 2.85. The van der Waals surface area contributed by atoms with Crippen LogP contribution in [-0.2, 0) is 10.3 Å². The highest BCUT2D eigenvalue weighted by atomic mass is 35.5. The first-order chi connectivity index (χ1) is 14.8. The van der Waals surface area contributed by atoms with Gasteiger partial charge in [-0.15, -0.1) is 0 Å². The van der Waals surface area contributed by atoms with Gasteiger partial charge in [0, 0.05) is 10.4 Å². The maximum absolute atomic E-state index is 12.0. The van der Waals surface area contributed by atoms with Crippen LogP contribution >= 0.6 is 11.6 Å². The molecule has 1 aromatic carbocycles. The molecule has 0 amide bonds. The molecule has 5 rings (SSSR count). The molecule has 3 nitrogen and oxygen atoms in total. The Kier molecular flexibility index (Phi) is 5.73. The largest absolute Gasteiger partial charge is 0.394 e. The van der Waals surface area contributed by atoms with Gasteiger partial charge >= 0.3 is 0 Å². The van der Waals surface area contributed by atoms with Gasteiger partial charge in [-0.1, -0.05) is 37.6 Å². The summed E-state index contributed by atoms with van der Waals surface area (Å²) >= 11 is 6.14. The minimum Gasteiger partial charge on any atom is -0.394 e. The third kappa shape index (κ3) is 3.33. The van der Waals surface area contributed by atoms with Gasteiger partial charge in [-0.3, -0.25) is 0 Å². The van der Waals surface area contributed by atoms with Crippen molar-refractivity contribution < 1.29 is 14.9 Å². The molecule has 2 N–H and O–H groups in total. The van der Waals surface area contributed by atoms with Crippen LogP contribution < -0.4 is 0 Å². The average molecular weight is 447 g/mol. The van der Waals surface area contributed by atoms with Gasteiger partial charge < -0.3 is 14.9 Å². The number of aliphatic hydroxyl groups is 2. The summed E-state index contributed by atoms with van der Waals surface area (Å²) in [7, 11) is 0. The first-order valence-corrected chi connectivity index (χ1v) is 12.9. The molecule has 4 aliphatic rings. The van der Waals surface area contributed by atoms with Crippen LogP contribution in [0.15, 0.2) is 24.3 Å². The van der Waals surface area contributed by atoms with E-state index in [4.69, 9.17) is 21.4 Å². The zero-order valence-electron chi connectivity index (χ0n) is 19.2. The summed E-state index contributed by atoms with van der Waals surface area (Å²) in [4.78, 5) is 0. The van der Waals surface area contributed by atoms with Crippen molar-refractivity contribution in [3.05, 3.63) is 34.9 Å². The maximum atomic E-state index is 12.0. The molecule has 0 radical (unpaired) electrons. The lowest BCUT2D eigenvalue weighted by Gasteiger charge is -2.61. The minimum absolute atomic E-state index is 0.0490. The Labute approximate surface area is 192 Å². The molecule has 172 valence electrons. The quantitative estimate of drug-likeness (QED) is 0.600. The van der Waals surface area contributed by atoms with E-state index in [1.165, 1.54) is 25.7 Å². The lowest BCUT2D eigenvalue weighted by molar-refractivity contribution is -0.165. The summed E-state index contributed by atoms with van der Waals surface area (Å²) in [5, 5.41) is 21.9. The van der Waals surface area contributed by atoms with Gasteiger partial charge in [0.2, 0.25) is 0 Å². The molecule has 4 fully saturated rings. The Balaban J connectivity index is 1.38. The van der Waals surface area contributed by atoms with Gasteiger partial charge in [0.25, 0.3) is 0 Å². The zero-order chi connectivity index (χ0) is 21.9. The first kappa shape index (κ1) is 22.2. The van der Waals surface area contributed by atoms with Gasteiger partial charge in [-0.25, -0.2) is 0 Å². The van der Waals surface area contributed by atoms with Crippen molar-refractivity contribution in [1.29, 1.82) is 0 Å². The molecular formula is C27H39ClO3. The van der Waals surface area contributed by atoms with E-state index in [2.05, 4.69) is 13.8 Å². The average Bonchev–Trinajstić information content (AvgIpc) is 3.04. The van der Waals surface area contributed by atoms with E-state index in [9.17, 15) is 5.11 Å². The number of rotatable bonds is 4. The highest BCUT2D eigenvalue weighted by molar-refractivity contribution is 6.30. The van der Waals surface area contributed by atoms with Gasteiger partial charge in [0.05, 0.1) is 24.9 Å². The Morgan fingerprint density at radius 2 is 1.71 bits per heavy atom. The van der Waals surface area contributed by atoms with Crippen molar-refractivity contribution in [3.63, 3.8) is 0 Å². The number of fused-ring (bicyclic) bond motifs is 5. The number of hydrogen-bond acceptors (Lipinski definition) is 3. The Hall–Kier alpha value is -0.610. The van der Waals surface area contributed by atoms with Crippen molar-refractivity contribution in [1.82, 2.24) is 0 Å². The maximum Gasteiger partial charge on any atom is 0.0952 e. The van der Waals surface area contributed by atoms with Crippen LogP contribution in [0.2, 0.25) is 5.02 Å². The van der Waals surface area contributed by atoms with Crippen LogP contribution in [0.4, 0.5) is 0 Å². The van der Waals surface area contributed by atoms with E-state index in [1.807, 2.05) is 24.3 Å². The molecule has 4 aliphatic carbocycles. The lowest BCUT2D eigenvalue weighted by Crippen LogP contribution is -2.56. The van der Waals surface area contributed by atoms with E-state index < -0.39 is 5.60 Å². The lowest BCUT2D eigenvalue weighted by atomic mass is 9.44. The predicted octanol–water partition coefficient (Wildman–Crippen LogP) is 5.95. The smallest absolute Gasteiger partial charge is 0.0952 e. The van der Waals surface area contributed by atoms with Crippen molar-refractivity contribution in [2.75, 3.05) is 13.2 Å². The number of aliphatic hydroxyl groups excluding tert-OH is 1. The summed E-state index contributed by atoms with van der Waals surface area (Å²) in [5.41, 5.74) is 0.680. The molecule has 8 atom stereocenters. The van der Waals surface area contributed by atoms with Crippen LogP contribution in [-0.4, -0.2) is 29.5 Å². The monoisotopic (exact) mass is 446 g/mol. The Morgan fingerprint density at radius 1 is 0.968 bits per heavy atom. The second kappa shape index (κ2) is 8.01. The van der Waals surface area contributed by atoms with E-state index in [0.29, 0.717) is 24.0 Å². The fourth-order valence-corrected chi connectivity index (χ4v) is 8.93. The number of ether oxygens (including phenoxy) is 1. The molecule has 31 heavy (non-hydrogen) atoms.